The van der Waals surface area contributed by atoms with Crippen LogP contribution < -0.4 is 11.1 Å². The summed E-state index contributed by atoms with van der Waals surface area (Å²) in [5.41, 5.74) is 5.97. The number of halogens is 1. The first-order valence-corrected chi connectivity index (χ1v) is 6.32. The Morgan fingerprint density at radius 3 is 2.74 bits per heavy atom. The van der Waals surface area contributed by atoms with Gasteiger partial charge in [0.1, 0.15) is 5.75 Å². The summed E-state index contributed by atoms with van der Waals surface area (Å²) >= 11 is 0. The van der Waals surface area contributed by atoms with Crippen molar-refractivity contribution in [3.05, 3.63) is 24.0 Å². The highest BCUT2D eigenvalue weighted by molar-refractivity contribution is 5.94. The Kier molecular flexibility index (Phi) is 5.57. The normalized spacial score (nSPS) is 17.3. The second-order valence-electron chi connectivity index (χ2n) is 4.98. The molecule has 1 aromatic rings. The summed E-state index contributed by atoms with van der Waals surface area (Å²) in [5, 5.41) is 12.3. The van der Waals surface area contributed by atoms with E-state index in [9.17, 15) is 9.90 Å². The van der Waals surface area contributed by atoms with Crippen molar-refractivity contribution in [1.29, 1.82) is 0 Å². The molecule has 1 amide bonds. The molecule has 0 aliphatic heterocycles. The summed E-state index contributed by atoms with van der Waals surface area (Å²) in [6, 6.07) is 3.03. The minimum atomic E-state index is -0.372. The van der Waals surface area contributed by atoms with Crippen LogP contribution in [0.1, 0.15) is 42.6 Å². The molecule has 1 heterocycles. The summed E-state index contributed by atoms with van der Waals surface area (Å²) in [6.07, 6.45) is 6.78. The first kappa shape index (κ1) is 15.7. The Morgan fingerprint density at radius 1 is 1.42 bits per heavy atom. The van der Waals surface area contributed by atoms with E-state index in [1.54, 1.807) is 6.07 Å². The predicted molar refractivity (Wildman–Crippen MR) is 75.5 cm³/mol. The highest BCUT2D eigenvalue weighted by Gasteiger charge is 2.28. The number of nitrogens with two attached hydrogens (primary N) is 1. The van der Waals surface area contributed by atoms with E-state index in [-0.39, 0.29) is 35.3 Å². The van der Waals surface area contributed by atoms with Crippen LogP contribution in [0.15, 0.2) is 18.3 Å². The van der Waals surface area contributed by atoms with Crippen molar-refractivity contribution in [3.8, 4) is 5.75 Å². The Balaban J connectivity index is 0.00000180. The van der Waals surface area contributed by atoms with Crippen LogP contribution in [0.25, 0.3) is 0 Å². The van der Waals surface area contributed by atoms with E-state index < -0.39 is 0 Å². The maximum atomic E-state index is 11.9. The molecular formula is C13H20ClN3O2. The number of rotatable bonds is 3. The lowest BCUT2D eigenvalue weighted by Gasteiger charge is -2.33. The van der Waals surface area contributed by atoms with Gasteiger partial charge in [-0.3, -0.25) is 4.79 Å². The van der Waals surface area contributed by atoms with Gasteiger partial charge in [0.05, 0.1) is 0 Å². The zero-order valence-electron chi connectivity index (χ0n) is 10.8. The molecule has 1 aromatic heterocycles. The number of carbonyl (C=O) groups is 1. The number of nitrogens with zero attached hydrogens (tertiary/aromatic N) is 1. The molecule has 0 radical (unpaired) electrons. The fraction of sp³-hybridized carbons (Fsp3) is 0.538. The van der Waals surface area contributed by atoms with Crippen LogP contribution in [-0.4, -0.2) is 28.1 Å². The van der Waals surface area contributed by atoms with Crippen molar-refractivity contribution in [3.63, 3.8) is 0 Å². The Morgan fingerprint density at radius 2 is 2.11 bits per heavy atom. The monoisotopic (exact) mass is 285 g/mol. The fourth-order valence-electron chi connectivity index (χ4n) is 2.34. The van der Waals surface area contributed by atoms with E-state index >= 15 is 0 Å². The van der Waals surface area contributed by atoms with Gasteiger partial charge in [0.25, 0.3) is 5.91 Å². The molecular weight excluding hydrogens is 266 g/mol. The quantitative estimate of drug-likeness (QED) is 0.787. The fourth-order valence-corrected chi connectivity index (χ4v) is 2.34. The highest BCUT2D eigenvalue weighted by Crippen LogP contribution is 2.25. The third-order valence-corrected chi connectivity index (χ3v) is 3.45. The van der Waals surface area contributed by atoms with Crippen LogP contribution in [0.5, 0.6) is 5.75 Å². The van der Waals surface area contributed by atoms with E-state index in [0.29, 0.717) is 6.54 Å². The summed E-state index contributed by atoms with van der Waals surface area (Å²) in [4.78, 5) is 15.7. The molecule has 0 unspecified atom stereocenters. The first-order valence-electron chi connectivity index (χ1n) is 6.32. The molecule has 2 rings (SSSR count). The largest absolute Gasteiger partial charge is 0.505 e. The van der Waals surface area contributed by atoms with Gasteiger partial charge in [-0.2, -0.15) is 0 Å². The molecule has 0 aromatic carbocycles. The number of aromatic nitrogens is 1. The number of aromatic hydroxyl groups is 1. The number of hydrogen-bond donors (Lipinski definition) is 3. The molecule has 19 heavy (non-hydrogen) atoms. The third kappa shape index (κ3) is 4.08. The molecule has 6 heteroatoms. The van der Waals surface area contributed by atoms with Crippen LogP contribution >= 0.6 is 12.4 Å². The second kappa shape index (κ2) is 6.73. The van der Waals surface area contributed by atoms with E-state index in [0.717, 1.165) is 25.7 Å². The van der Waals surface area contributed by atoms with Gasteiger partial charge < -0.3 is 16.2 Å². The zero-order chi connectivity index (χ0) is 13.0. The molecule has 0 atom stereocenters. The lowest BCUT2D eigenvalue weighted by atomic mass is 9.82. The molecule has 0 saturated heterocycles. The summed E-state index contributed by atoms with van der Waals surface area (Å²) in [7, 11) is 0. The van der Waals surface area contributed by atoms with E-state index in [4.69, 9.17) is 5.73 Å². The van der Waals surface area contributed by atoms with E-state index in [1.165, 1.54) is 18.7 Å². The Bertz CT molecular complexity index is 434. The minimum Gasteiger partial charge on any atom is -0.505 e. The van der Waals surface area contributed by atoms with Crippen molar-refractivity contribution >= 4 is 18.3 Å². The minimum absolute atomic E-state index is 0. The highest BCUT2D eigenvalue weighted by atomic mass is 35.5. The number of nitrogens with one attached hydrogen (secondary N) is 1. The Labute approximate surface area is 119 Å². The summed E-state index contributed by atoms with van der Waals surface area (Å²) in [5.74, 6) is -0.479. The number of carbonyl (C=O) groups excluding carboxylic acids is 1. The zero-order valence-corrected chi connectivity index (χ0v) is 11.6. The number of pyridine rings is 1. The molecule has 5 nitrogen and oxygen atoms in total. The maximum Gasteiger partial charge on any atom is 0.273 e. The molecule has 0 spiro atoms. The topological polar surface area (TPSA) is 88.2 Å². The molecule has 0 bridgehead atoms. The molecule has 1 saturated carbocycles. The van der Waals surface area contributed by atoms with Crippen molar-refractivity contribution in [2.24, 2.45) is 5.73 Å². The van der Waals surface area contributed by atoms with Gasteiger partial charge in [-0.1, -0.05) is 19.3 Å². The van der Waals surface area contributed by atoms with Crippen LogP contribution in [0.2, 0.25) is 0 Å². The van der Waals surface area contributed by atoms with E-state index in [2.05, 4.69) is 10.3 Å². The van der Waals surface area contributed by atoms with Crippen LogP contribution in [-0.2, 0) is 0 Å². The standard InChI is InChI=1S/C13H19N3O2.ClH/c14-13(6-2-1-3-7-13)9-16-12(18)11-10(17)5-4-8-15-11;/h4-5,8,17H,1-3,6-7,9,14H2,(H,16,18);1H. The van der Waals surface area contributed by atoms with Gasteiger partial charge in [-0.15, -0.1) is 12.4 Å². The molecule has 4 N–H and O–H groups in total. The van der Waals surface area contributed by atoms with Crippen molar-refractivity contribution in [1.82, 2.24) is 10.3 Å². The second-order valence-corrected chi connectivity index (χ2v) is 4.98. The van der Waals surface area contributed by atoms with Gasteiger partial charge in [-0.25, -0.2) is 4.98 Å². The van der Waals surface area contributed by atoms with Crippen molar-refractivity contribution in [2.45, 2.75) is 37.6 Å². The van der Waals surface area contributed by atoms with Crippen LogP contribution in [0.4, 0.5) is 0 Å². The van der Waals surface area contributed by atoms with E-state index in [1.807, 2.05) is 0 Å². The van der Waals surface area contributed by atoms with Gasteiger partial charge >= 0.3 is 0 Å². The third-order valence-electron chi connectivity index (χ3n) is 3.45. The molecule has 1 aliphatic carbocycles. The lowest BCUT2D eigenvalue weighted by molar-refractivity contribution is 0.0929. The van der Waals surface area contributed by atoms with Gasteiger partial charge in [-0.05, 0) is 25.0 Å². The molecule has 1 fully saturated rings. The predicted octanol–water partition coefficient (Wildman–Crippen LogP) is 1.60. The van der Waals surface area contributed by atoms with Gasteiger partial charge in [0.2, 0.25) is 0 Å². The lowest BCUT2D eigenvalue weighted by Crippen LogP contribution is -2.51. The SMILES string of the molecule is Cl.NC1(CNC(=O)c2ncccc2O)CCCCC1. The van der Waals surface area contributed by atoms with Crippen LogP contribution in [0, 0.1) is 0 Å². The summed E-state index contributed by atoms with van der Waals surface area (Å²) < 4.78 is 0. The molecule has 1 aliphatic rings. The van der Waals surface area contributed by atoms with Gasteiger partial charge in [0.15, 0.2) is 5.69 Å². The summed E-state index contributed by atoms with van der Waals surface area (Å²) in [6.45, 7) is 0.432. The average Bonchev–Trinajstić information content (AvgIpc) is 2.38. The number of hydrogen-bond acceptors (Lipinski definition) is 4. The smallest absolute Gasteiger partial charge is 0.273 e. The van der Waals surface area contributed by atoms with Gasteiger partial charge in [0, 0.05) is 18.3 Å². The average molecular weight is 286 g/mol. The number of amides is 1. The maximum absolute atomic E-state index is 11.9. The Hall–Kier alpha value is -1.33. The molecule has 106 valence electrons. The van der Waals surface area contributed by atoms with Crippen molar-refractivity contribution < 1.29 is 9.90 Å². The van der Waals surface area contributed by atoms with Crippen molar-refractivity contribution in [2.75, 3.05) is 6.54 Å². The van der Waals surface area contributed by atoms with Crippen LogP contribution in [0.3, 0.4) is 0 Å². The first-order chi connectivity index (χ1) is 8.61.